The quantitative estimate of drug-likeness (QED) is 0.461. The fraction of sp³-hybridized carbons (Fsp3) is 0.444. The Hall–Kier alpha value is -1.05. The minimum absolute atomic E-state index is 0.830. The lowest BCUT2D eigenvalue weighted by molar-refractivity contribution is -0.105. The Bertz CT molecular complexity index is 224. The van der Waals surface area contributed by atoms with Gasteiger partial charge in [0.15, 0.2) is 0 Å². The van der Waals surface area contributed by atoms with E-state index >= 15 is 0 Å². The number of carbonyl (C=O) groups excluding carboxylic acids is 1. The topological polar surface area (TPSA) is 37.3 Å². The van der Waals surface area contributed by atoms with Crippen LogP contribution in [0.4, 0.5) is 0 Å². The van der Waals surface area contributed by atoms with Crippen molar-refractivity contribution in [2.45, 2.75) is 26.2 Å². The zero-order valence-electron chi connectivity index (χ0n) is 6.63. The van der Waals surface area contributed by atoms with E-state index in [1.165, 1.54) is 0 Å². The lowest BCUT2D eigenvalue weighted by atomic mass is 9.90. The van der Waals surface area contributed by atoms with Gasteiger partial charge in [-0.3, -0.25) is 4.79 Å². The standard InChI is InChI=1S/C9H12O2/c1-7-8(5-10)3-2-4-9(7)6-11/h5-6,10H,2-4H2,1H3/b8-5+. The number of aldehydes is 1. The van der Waals surface area contributed by atoms with Crippen molar-refractivity contribution in [3.05, 3.63) is 23.0 Å². The highest BCUT2D eigenvalue weighted by Crippen LogP contribution is 2.27. The summed E-state index contributed by atoms with van der Waals surface area (Å²) in [6.45, 7) is 1.88. The highest BCUT2D eigenvalue weighted by atomic mass is 16.2. The van der Waals surface area contributed by atoms with Crippen molar-refractivity contribution in [3.8, 4) is 0 Å². The number of hydrogen-bond donors (Lipinski definition) is 1. The first-order valence-corrected chi connectivity index (χ1v) is 3.78. The summed E-state index contributed by atoms with van der Waals surface area (Å²) in [5.74, 6) is 0. The van der Waals surface area contributed by atoms with Crippen molar-refractivity contribution in [1.82, 2.24) is 0 Å². The molecule has 2 nitrogen and oxygen atoms in total. The molecule has 2 heteroatoms. The molecular formula is C9H12O2. The summed E-state index contributed by atoms with van der Waals surface area (Å²) >= 11 is 0. The number of aliphatic hydroxyl groups excluding tert-OH is 1. The van der Waals surface area contributed by atoms with Gasteiger partial charge in [-0.1, -0.05) is 0 Å². The third-order valence-corrected chi connectivity index (χ3v) is 2.15. The van der Waals surface area contributed by atoms with Gasteiger partial charge in [-0.25, -0.2) is 0 Å². The molecule has 1 aliphatic rings. The van der Waals surface area contributed by atoms with Crippen LogP contribution in [0.25, 0.3) is 0 Å². The minimum Gasteiger partial charge on any atom is -0.515 e. The van der Waals surface area contributed by atoms with Crippen molar-refractivity contribution in [2.75, 3.05) is 0 Å². The molecule has 0 radical (unpaired) electrons. The molecule has 60 valence electrons. The van der Waals surface area contributed by atoms with Crippen LogP contribution in [-0.2, 0) is 4.79 Å². The van der Waals surface area contributed by atoms with Crippen LogP contribution in [0.2, 0.25) is 0 Å². The maximum atomic E-state index is 10.5. The van der Waals surface area contributed by atoms with Crippen molar-refractivity contribution in [2.24, 2.45) is 0 Å². The molecule has 0 bridgehead atoms. The molecule has 0 unspecified atom stereocenters. The Morgan fingerprint density at radius 2 is 2.18 bits per heavy atom. The average molecular weight is 152 g/mol. The van der Waals surface area contributed by atoms with Crippen LogP contribution in [0.5, 0.6) is 0 Å². The molecule has 0 fully saturated rings. The van der Waals surface area contributed by atoms with Crippen LogP contribution in [-0.4, -0.2) is 11.4 Å². The summed E-state index contributed by atoms with van der Waals surface area (Å²) in [7, 11) is 0. The van der Waals surface area contributed by atoms with E-state index in [1.807, 2.05) is 6.92 Å². The fourth-order valence-corrected chi connectivity index (χ4v) is 1.36. The van der Waals surface area contributed by atoms with Gasteiger partial charge in [0.1, 0.15) is 6.29 Å². The van der Waals surface area contributed by atoms with E-state index < -0.39 is 0 Å². The molecular weight excluding hydrogens is 140 g/mol. The number of hydrogen-bond acceptors (Lipinski definition) is 2. The number of rotatable bonds is 1. The smallest absolute Gasteiger partial charge is 0.146 e. The normalized spacial score (nSPS) is 22.5. The van der Waals surface area contributed by atoms with E-state index in [2.05, 4.69) is 0 Å². The molecule has 0 saturated heterocycles. The van der Waals surface area contributed by atoms with E-state index in [4.69, 9.17) is 5.11 Å². The van der Waals surface area contributed by atoms with E-state index in [0.717, 1.165) is 48.5 Å². The van der Waals surface area contributed by atoms with Crippen LogP contribution in [0, 0.1) is 0 Å². The van der Waals surface area contributed by atoms with Crippen molar-refractivity contribution >= 4 is 6.29 Å². The summed E-state index contributed by atoms with van der Waals surface area (Å²) in [6, 6.07) is 0. The number of allylic oxidation sites excluding steroid dienone is 3. The molecule has 0 atom stereocenters. The maximum Gasteiger partial charge on any atom is 0.146 e. The third-order valence-electron chi connectivity index (χ3n) is 2.15. The highest BCUT2D eigenvalue weighted by Gasteiger charge is 2.12. The predicted molar refractivity (Wildman–Crippen MR) is 43.3 cm³/mol. The Labute approximate surface area is 66.2 Å². The van der Waals surface area contributed by atoms with Crippen LogP contribution in [0.1, 0.15) is 26.2 Å². The van der Waals surface area contributed by atoms with Gasteiger partial charge in [0, 0.05) is 0 Å². The molecule has 0 spiro atoms. The van der Waals surface area contributed by atoms with Crippen LogP contribution < -0.4 is 0 Å². The van der Waals surface area contributed by atoms with Gasteiger partial charge in [-0.05, 0) is 42.9 Å². The van der Waals surface area contributed by atoms with Gasteiger partial charge in [0.2, 0.25) is 0 Å². The summed E-state index contributed by atoms with van der Waals surface area (Å²) in [5.41, 5.74) is 2.68. The van der Waals surface area contributed by atoms with Crippen LogP contribution in [0.3, 0.4) is 0 Å². The molecule has 0 aliphatic heterocycles. The summed E-state index contributed by atoms with van der Waals surface area (Å²) in [5, 5.41) is 8.76. The predicted octanol–water partition coefficient (Wildman–Crippen LogP) is 2.13. The molecule has 0 aromatic carbocycles. The molecule has 1 N–H and O–H groups in total. The van der Waals surface area contributed by atoms with Gasteiger partial charge in [0.25, 0.3) is 0 Å². The Balaban J connectivity index is 2.97. The summed E-state index contributed by atoms with van der Waals surface area (Å²) < 4.78 is 0. The first kappa shape index (κ1) is 8.05. The van der Waals surface area contributed by atoms with E-state index in [1.54, 1.807) is 0 Å². The van der Waals surface area contributed by atoms with E-state index in [-0.39, 0.29) is 0 Å². The third kappa shape index (κ3) is 1.50. The Kier molecular flexibility index (Phi) is 2.47. The molecule has 0 saturated carbocycles. The minimum atomic E-state index is 0.830. The second kappa shape index (κ2) is 3.37. The average Bonchev–Trinajstić information content (AvgIpc) is 2.05. The fourth-order valence-electron chi connectivity index (χ4n) is 1.36. The van der Waals surface area contributed by atoms with Crippen molar-refractivity contribution in [3.63, 3.8) is 0 Å². The zero-order chi connectivity index (χ0) is 8.27. The summed E-state index contributed by atoms with van der Waals surface area (Å²) in [4.78, 5) is 10.5. The maximum absolute atomic E-state index is 10.5. The second-order valence-electron chi connectivity index (χ2n) is 2.78. The molecule has 0 aromatic heterocycles. The Morgan fingerprint density at radius 3 is 2.73 bits per heavy atom. The van der Waals surface area contributed by atoms with Gasteiger partial charge in [-0.15, -0.1) is 0 Å². The molecule has 0 aromatic rings. The van der Waals surface area contributed by atoms with E-state index in [9.17, 15) is 4.79 Å². The first-order valence-electron chi connectivity index (χ1n) is 3.78. The number of carbonyl (C=O) groups is 1. The van der Waals surface area contributed by atoms with Gasteiger partial charge in [-0.2, -0.15) is 0 Å². The largest absolute Gasteiger partial charge is 0.515 e. The van der Waals surface area contributed by atoms with Crippen LogP contribution in [0.15, 0.2) is 23.0 Å². The molecule has 0 amide bonds. The zero-order valence-corrected chi connectivity index (χ0v) is 6.63. The summed E-state index contributed by atoms with van der Waals surface area (Å²) in [6.07, 6.45) is 4.71. The molecule has 1 rings (SSSR count). The molecule has 0 heterocycles. The second-order valence-corrected chi connectivity index (χ2v) is 2.78. The van der Waals surface area contributed by atoms with Gasteiger partial charge in [0.05, 0.1) is 6.26 Å². The Morgan fingerprint density at radius 1 is 1.45 bits per heavy atom. The lowest BCUT2D eigenvalue weighted by Crippen LogP contribution is -2.01. The first-order chi connectivity index (χ1) is 5.29. The molecule has 1 aliphatic carbocycles. The van der Waals surface area contributed by atoms with Gasteiger partial charge >= 0.3 is 0 Å². The SMILES string of the molecule is CC1=C(C=O)CCC/C1=C\O. The lowest BCUT2D eigenvalue weighted by Gasteiger charge is -2.15. The number of aliphatic hydroxyl groups is 1. The van der Waals surface area contributed by atoms with Crippen LogP contribution >= 0.6 is 0 Å². The monoisotopic (exact) mass is 152 g/mol. The molecule has 11 heavy (non-hydrogen) atoms. The van der Waals surface area contributed by atoms with E-state index in [0.29, 0.717) is 0 Å². The van der Waals surface area contributed by atoms with Gasteiger partial charge < -0.3 is 5.11 Å². The van der Waals surface area contributed by atoms with Crippen molar-refractivity contribution < 1.29 is 9.90 Å². The van der Waals surface area contributed by atoms with Crippen molar-refractivity contribution in [1.29, 1.82) is 0 Å². The highest BCUT2D eigenvalue weighted by molar-refractivity contribution is 5.76.